The highest BCUT2D eigenvalue weighted by atomic mass is 16.4. The maximum Gasteiger partial charge on any atom is 0.333 e. The SMILES string of the molecule is O=C(O)[C@H](O)CNCc1cnc2c(N3CCc4c(-c5ccccc5)cccc43)ncnc2c1. The van der Waals surface area contributed by atoms with Crippen LogP contribution >= 0.6 is 0 Å². The van der Waals surface area contributed by atoms with Crippen molar-refractivity contribution in [3.05, 3.63) is 78.2 Å². The van der Waals surface area contributed by atoms with E-state index in [1.807, 2.05) is 12.1 Å². The van der Waals surface area contributed by atoms with Gasteiger partial charge in [-0.25, -0.2) is 14.8 Å². The standard InChI is InChI=1S/C25H23N5O3/c31-22(25(32)33)14-26-12-16-11-20-23(27-13-16)24(29-15-28-20)30-10-9-19-18(7-4-8-21(19)30)17-5-2-1-3-6-17/h1-8,11,13,15,22,26,31H,9-10,12,14H2,(H,32,33)/t22-/m1/s1. The quantitative estimate of drug-likeness (QED) is 0.401. The van der Waals surface area contributed by atoms with Crippen LogP contribution in [0.25, 0.3) is 22.2 Å². The molecule has 4 aromatic rings. The summed E-state index contributed by atoms with van der Waals surface area (Å²) in [6.07, 6.45) is 2.75. The molecule has 0 bridgehead atoms. The Kier molecular flexibility index (Phi) is 5.68. The number of nitrogens with zero attached hydrogens (tertiary/aromatic N) is 4. The molecule has 0 amide bonds. The molecule has 3 heterocycles. The molecule has 8 heteroatoms. The van der Waals surface area contributed by atoms with Crippen LogP contribution in [0.2, 0.25) is 0 Å². The largest absolute Gasteiger partial charge is 0.479 e. The van der Waals surface area contributed by atoms with Gasteiger partial charge in [0.1, 0.15) is 11.8 Å². The van der Waals surface area contributed by atoms with Gasteiger partial charge < -0.3 is 20.4 Å². The van der Waals surface area contributed by atoms with Crippen molar-refractivity contribution in [2.45, 2.75) is 19.1 Å². The van der Waals surface area contributed by atoms with Crippen molar-refractivity contribution in [3.63, 3.8) is 0 Å². The van der Waals surface area contributed by atoms with Crippen molar-refractivity contribution < 1.29 is 15.0 Å². The van der Waals surface area contributed by atoms with E-state index in [0.29, 0.717) is 17.6 Å². The summed E-state index contributed by atoms with van der Waals surface area (Å²) in [5.41, 5.74) is 7.14. The molecular weight excluding hydrogens is 418 g/mol. The molecule has 33 heavy (non-hydrogen) atoms. The smallest absolute Gasteiger partial charge is 0.333 e. The third-order valence-electron chi connectivity index (χ3n) is 5.83. The zero-order chi connectivity index (χ0) is 22.8. The highest BCUT2D eigenvalue weighted by molar-refractivity contribution is 5.90. The summed E-state index contributed by atoms with van der Waals surface area (Å²) in [6, 6.07) is 18.7. The number of anilines is 2. The number of hydrogen-bond acceptors (Lipinski definition) is 7. The highest BCUT2D eigenvalue weighted by Gasteiger charge is 2.26. The van der Waals surface area contributed by atoms with Crippen molar-refractivity contribution >= 4 is 28.5 Å². The number of pyridine rings is 1. The molecule has 3 N–H and O–H groups in total. The molecule has 5 rings (SSSR count). The van der Waals surface area contributed by atoms with Gasteiger partial charge in [0.15, 0.2) is 11.9 Å². The van der Waals surface area contributed by atoms with Gasteiger partial charge in [0, 0.05) is 31.5 Å². The minimum absolute atomic E-state index is 0.0449. The molecule has 8 nitrogen and oxygen atoms in total. The second kappa shape index (κ2) is 8.93. The van der Waals surface area contributed by atoms with Gasteiger partial charge >= 0.3 is 5.97 Å². The first-order chi connectivity index (χ1) is 16.1. The van der Waals surface area contributed by atoms with Gasteiger partial charge in [-0.15, -0.1) is 0 Å². The zero-order valence-corrected chi connectivity index (χ0v) is 17.8. The first kappa shape index (κ1) is 21.0. The third-order valence-corrected chi connectivity index (χ3v) is 5.83. The Morgan fingerprint density at radius 1 is 1.09 bits per heavy atom. The van der Waals surface area contributed by atoms with E-state index in [4.69, 9.17) is 5.11 Å². The van der Waals surface area contributed by atoms with Crippen LogP contribution in [0.1, 0.15) is 11.1 Å². The molecule has 2 aromatic carbocycles. The van der Waals surface area contributed by atoms with Crippen LogP contribution < -0.4 is 10.2 Å². The molecule has 1 aliphatic heterocycles. The van der Waals surface area contributed by atoms with Gasteiger partial charge in [-0.2, -0.15) is 0 Å². The van der Waals surface area contributed by atoms with Crippen molar-refractivity contribution in [2.24, 2.45) is 0 Å². The van der Waals surface area contributed by atoms with Crippen LogP contribution in [0, 0.1) is 0 Å². The lowest BCUT2D eigenvalue weighted by molar-refractivity contribution is -0.146. The second-order valence-electron chi connectivity index (χ2n) is 7.96. The van der Waals surface area contributed by atoms with E-state index in [1.54, 1.807) is 12.5 Å². The van der Waals surface area contributed by atoms with Crippen LogP contribution in [-0.2, 0) is 17.8 Å². The van der Waals surface area contributed by atoms with Gasteiger partial charge in [0.25, 0.3) is 0 Å². The van der Waals surface area contributed by atoms with E-state index in [1.165, 1.54) is 16.7 Å². The van der Waals surface area contributed by atoms with Crippen molar-refractivity contribution in [1.82, 2.24) is 20.3 Å². The molecule has 0 saturated carbocycles. The Labute approximate surface area is 190 Å². The molecule has 166 valence electrons. The van der Waals surface area contributed by atoms with E-state index in [2.05, 4.69) is 67.6 Å². The molecule has 0 fully saturated rings. The summed E-state index contributed by atoms with van der Waals surface area (Å²) in [6.45, 7) is 1.14. The number of aromatic nitrogens is 3. The van der Waals surface area contributed by atoms with Crippen molar-refractivity contribution in [2.75, 3.05) is 18.0 Å². The Balaban J connectivity index is 1.43. The Bertz CT molecular complexity index is 1310. The predicted octanol–water partition coefficient (Wildman–Crippen LogP) is 2.92. The lowest BCUT2D eigenvalue weighted by Gasteiger charge is -2.20. The highest BCUT2D eigenvalue weighted by Crippen LogP contribution is 2.40. The van der Waals surface area contributed by atoms with Crippen LogP contribution in [0.4, 0.5) is 11.5 Å². The molecular formula is C25H23N5O3. The summed E-state index contributed by atoms with van der Waals surface area (Å²) in [4.78, 5) is 26.5. The van der Waals surface area contributed by atoms with Crippen molar-refractivity contribution in [1.29, 1.82) is 0 Å². The van der Waals surface area contributed by atoms with Gasteiger partial charge in [0.2, 0.25) is 0 Å². The number of fused-ring (bicyclic) bond motifs is 2. The van der Waals surface area contributed by atoms with E-state index < -0.39 is 12.1 Å². The van der Waals surface area contributed by atoms with Crippen LogP contribution in [0.5, 0.6) is 0 Å². The first-order valence-electron chi connectivity index (χ1n) is 10.8. The monoisotopic (exact) mass is 441 g/mol. The minimum Gasteiger partial charge on any atom is -0.479 e. The average molecular weight is 441 g/mol. The molecule has 0 unspecified atom stereocenters. The van der Waals surface area contributed by atoms with E-state index >= 15 is 0 Å². The third kappa shape index (κ3) is 4.13. The number of aliphatic hydroxyl groups excluding tert-OH is 1. The van der Waals surface area contributed by atoms with Gasteiger partial charge in [-0.3, -0.25) is 4.98 Å². The Hall–Kier alpha value is -3.88. The fourth-order valence-corrected chi connectivity index (χ4v) is 4.25. The molecule has 0 saturated heterocycles. The fraction of sp³-hybridized carbons (Fsp3) is 0.200. The molecule has 0 radical (unpaired) electrons. The van der Waals surface area contributed by atoms with Gasteiger partial charge in [-0.05, 0) is 40.8 Å². The van der Waals surface area contributed by atoms with E-state index in [9.17, 15) is 9.90 Å². The average Bonchev–Trinajstić information content (AvgIpc) is 3.28. The predicted molar refractivity (Wildman–Crippen MR) is 125 cm³/mol. The van der Waals surface area contributed by atoms with Crippen LogP contribution in [0.3, 0.4) is 0 Å². The lowest BCUT2D eigenvalue weighted by atomic mass is 9.98. The number of benzene rings is 2. The number of hydrogen-bond donors (Lipinski definition) is 3. The summed E-state index contributed by atoms with van der Waals surface area (Å²) in [5, 5.41) is 21.1. The Morgan fingerprint density at radius 3 is 2.76 bits per heavy atom. The summed E-state index contributed by atoms with van der Waals surface area (Å²) < 4.78 is 0. The van der Waals surface area contributed by atoms with E-state index in [0.717, 1.165) is 30.0 Å². The second-order valence-corrected chi connectivity index (χ2v) is 7.96. The maximum atomic E-state index is 10.7. The fourth-order valence-electron chi connectivity index (χ4n) is 4.25. The summed E-state index contributed by atoms with van der Waals surface area (Å²) in [5.74, 6) is -0.484. The summed E-state index contributed by atoms with van der Waals surface area (Å²) >= 11 is 0. The maximum absolute atomic E-state index is 10.7. The lowest BCUT2D eigenvalue weighted by Crippen LogP contribution is -2.32. The number of rotatable bonds is 7. The van der Waals surface area contributed by atoms with Gasteiger partial charge in [-0.1, -0.05) is 42.5 Å². The molecule has 0 spiro atoms. The number of carboxylic acids is 1. The number of carbonyl (C=O) groups is 1. The van der Waals surface area contributed by atoms with Gasteiger partial charge in [0.05, 0.1) is 5.52 Å². The van der Waals surface area contributed by atoms with E-state index in [-0.39, 0.29) is 6.54 Å². The van der Waals surface area contributed by atoms with Crippen LogP contribution in [-0.4, -0.2) is 50.3 Å². The number of aliphatic carboxylic acids is 1. The minimum atomic E-state index is -1.44. The van der Waals surface area contributed by atoms with Crippen LogP contribution in [0.15, 0.2) is 67.1 Å². The van der Waals surface area contributed by atoms with Crippen molar-refractivity contribution in [3.8, 4) is 11.1 Å². The summed E-state index contributed by atoms with van der Waals surface area (Å²) in [7, 11) is 0. The molecule has 1 atom stereocenters. The molecule has 2 aromatic heterocycles. The number of carboxylic acid groups (broad SMARTS) is 1. The normalized spacial score (nSPS) is 13.8. The zero-order valence-electron chi connectivity index (χ0n) is 17.8. The molecule has 0 aliphatic carbocycles. The number of aliphatic hydroxyl groups is 1. The topological polar surface area (TPSA) is 111 Å². The first-order valence-corrected chi connectivity index (χ1v) is 10.8. The Morgan fingerprint density at radius 2 is 1.94 bits per heavy atom. The number of nitrogens with one attached hydrogen (secondary N) is 1. The molecule has 1 aliphatic rings.